The second kappa shape index (κ2) is 10.4. The van der Waals surface area contributed by atoms with Crippen molar-refractivity contribution in [1.29, 1.82) is 0 Å². The van der Waals surface area contributed by atoms with Crippen molar-refractivity contribution >= 4 is 29.0 Å². The van der Waals surface area contributed by atoms with E-state index in [1.807, 2.05) is 54.6 Å². The molecule has 7 heteroatoms. The molecule has 0 bridgehead atoms. The van der Waals surface area contributed by atoms with Gasteiger partial charge in [0.25, 0.3) is 0 Å². The predicted molar refractivity (Wildman–Crippen MR) is 134 cm³/mol. The van der Waals surface area contributed by atoms with E-state index in [9.17, 15) is 14.4 Å². The third-order valence-corrected chi connectivity index (χ3v) is 7.22. The molecule has 0 radical (unpaired) electrons. The Bertz CT molecular complexity index is 1010. The van der Waals surface area contributed by atoms with Crippen molar-refractivity contribution in [3.63, 3.8) is 0 Å². The van der Waals surface area contributed by atoms with E-state index in [4.69, 9.17) is 0 Å². The molecule has 34 heavy (non-hydrogen) atoms. The van der Waals surface area contributed by atoms with E-state index in [1.54, 1.807) is 18.7 Å². The summed E-state index contributed by atoms with van der Waals surface area (Å²) in [7, 11) is 0. The van der Waals surface area contributed by atoms with Gasteiger partial charge in [0.2, 0.25) is 0 Å². The number of nitrogens with zero attached hydrogens (tertiary/aromatic N) is 2. The van der Waals surface area contributed by atoms with Crippen LogP contribution in [0.1, 0.15) is 38.7 Å². The normalized spacial score (nSPS) is 19.6. The Morgan fingerprint density at radius 2 is 1.62 bits per heavy atom. The van der Waals surface area contributed by atoms with Crippen LogP contribution in [0.3, 0.4) is 0 Å². The average molecular weight is 463 g/mol. The number of likely N-dealkylation sites (tertiary alicyclic amines) is 1. The second-order valence-electron chi connectivity index (χ2n) is 9.48. The highest BCUT2D eigenvalue weighted by atomic mass is 16.2. The van der Waals surface area contributed by atoms with Gasteiger partial charge in [0.15, 0.2) is 0 Å². The molecule has 0 spiro atoms. The smallest absolute Gasteiger partial charge is 0.321 e. The van der Waals surface area contributed by atoms with Crippen molar-refractivity contribution in [2.24, 2.45) is 0 Å². The minimum atomic E-state index is -0.507. The lowest BCUT2D eigenvalue weighted by Crippen LogP contribution is -2.49. The van der Waals surface area contributed by atoms with Crippen LogP contribution in [0, 0.1) is 0 Å². The zero-order valence-electron chi connectivity index (χ0n) is 20.0. The molecule has 2 amide bonds. The maximum atomic E-state index is 12.9. The standard InChI is InChI=1S/C27H34N4O3/c1-20(32)18-28-24-12-15-31(19-24)25-10-8-23(9-11-25)29-26(34)30-16-13-27(14-17-30,21(2)33)22-6-4-3-5-7-22/h3-11,24,28H,12-19H2,1-2H3,(H,29,34). The highest BCUT2D eigenvalue weighted by Gasteiger charge is 2.41. The monoisotopic (exact) mass is 462 g/mol. The van der Waals surface area contributed by atoms with Gasteiger partial charge in [0, 0.05) is 43.6 Å². The van der Waals surface area contributed by atoms with Crippen LogP contribution in [0.2, 0.25) is 0 Å². The van der Waals surface area contributed by atoms with E-state index in [2.05, 4.69) is 15.5 Å². The van der Waals surface area contributed by atoms with E-state index in [-0.39, 0.29) is 17.6 Å². The number of Topliss-reactive ketones (excluding diaryl/α,β-unsaturated/α-hetero) is 2. The number of hydrogen-bond donors (Lipinski definition) is 2. The Morgan fingerprint density at radius 3 is 2.24 bits per heavy atom. The molecule has 2 heterocycles. The summed E-state index contributed by atoms with van der Waals surface area (Å²) in [5.74, 6) is 0.314. The molecule has 0 saturated carbocycles. The molecule has 4 rings (SSSR count). The Kier molecular flexibility index (Phi) is 7.32. The van der Waals surface area contributed by atoms with Gasteiger partial charge in [-0.2, -0.15) is 0 Å². The summed E-state index contributed by atoms with van der Waals surface area (Å²) in [5, 5.41) is 6.30. The molecular weight excluding hydrogens is 428 g/mol. The highest BCUT2D eigenvalue weighted by molar-refractivity contribution is 5.91. The molecule has 1 atom stereocenters. The lowest BCUT2D eigenvalue weighted by atomic mass is 9.70. The number of ketones is 2. The van der Waals surface area contributed by atoms with Gasteiger partial charge in [0.05, 0.1) is 12.0 Å². The maximum absolute atomic E-state index is 12.9. The Labute approximate surface area is 201 Å². The molecule has 0 aliphatic carbocycles. The number of rotatable bonds is 7. The number of carbonyl (C=O) groups is 3. The van der Waals surface area contributed by atoms with Crippen LogP contribution in [0.15, 0.2) is 54.6 Å². The fourth-order valence-corrected chi connectivity index (χ4v) is 5.10. The van der Waals surface area contributed by atoms with Gasteiger partial charge in [0.1, 0.15) is 11.6 Å². The zero-order chi connectivity index (χ0) is 24.1. The molecule has 2 aliphatic rings. The van der Waals surface area contributed by atoms with E-state index in [0.29, 0.717) is 38.5 Å². The first-order valence-electron chi connectivity index (χ1n) is 12.1. The minimum Gasteiger partial charge on any atom is -0.370 e. The number of benzene rings is 2. The van der Waals surface area contributed by atoms with E-state index < -0.39 is 5.41 Å². The van der Waals surface area contributed by atoms with Gasteiger partial charge in [-0.1, -0.05) is 30.3 Å². The van der Waals surface area contributed by atoms with Gasteiger partial charge in [-0.05, 0) is 62.9 Å². The van der Waals surface area contributed by atoms with Crippen LogP contribution >= 0.6 is 0 Å². The van der Waals surface area contributed by atoms with Crippen LogP contribution < -0.4 is 15.5 Å². The number of anilines is 2. The van der Waals surface area contributed by atoms with Crippen molar-refractivity contribution in [2.45, 2.75) is 44.6 Å². The number of urea groups is 1. The predicted octanol–water partition coefficient (Wildman–Crippen LogP) is 3.60. The van der Waals surface area contributed by atoms with Crippen molar-refractivity contribution in [1.82, 2.24) is 10.2 Å². The highest BCUT2D eigenvalue weighted by Crippen LogP contribution is 2.36. The van der Waals surface area contributed by atoms with E-state index in [1.165, 1.54) is 0 Å². The molecular formula is C27H34N4O3. The number of amides is 2. The topological polar surface area (TPSA) is 81.8 Å². The molecule has 0 aromatic heterocycles. The molecule has 2 aliphatic heterocycles. The summed E-state index contributed by atoms with van der Waals surface area (Å²) in [6.07, 6.45) is 2.27. The Morgan fingerprint density at radius 1 is 0.941 bits per heavy atom. The molecule has 180 valence electrons. The fraction of sp³-hybridized carbons (Fsp3) is 0.444. The molecule has 2 aromatic carbocycles. The maximum Gasteiger partial charge on any atom is 0.321 e. The first kappa shape index (κ1) is 24.0. The van der Waals surface area contributed by atoms with Crippen LogP contribution in [-0.4, -0.2) is 61.3 Å². The summed E-state index contributed by atoms with van der Waals surface area (Å²) < 4.78 is 0. The van der Waals surface area contributed by atoms with E-state index in [0.717, 1.165) is 36.4 Å². The third-order valence-electron chi connectivity index (χ3n) is 7.22. The number of nitrogens with one attached hydrogen (secondary N) is 2. The minimum absolute atomic E-state index is 0.132. The lowest BCUT2D eigenvalue weighted by Gasteiger charge is -2.40. The van der Waals surface area contributed by atoms with E-state index >= 15 is 0 Å². The lowest BCUT2D eigenvalue weighted by molar-refractivity contribution is -0.124. The van der Waals surface area contributed by atoms with Crippen LogP contribution in [-0.2, 0) is 15.0 Å². The summed E-state index contributed by atoms with van der Waals surface area (Å²) >= 11 is 0. The Balaban J connectivity index is 1.31. The van der Waals surface area contributed by atoms with Gasteiger partial charge >= 0.3 is 6.03 Å². The molecule has 1 unspecified atom stereocenters. The SMILES string of the molecule is CC(=O)CNC1CCN(c2ccc(NC(=O)N3CCC(C(C)=O)(c4ccccc4)CC3)cc2)C1. The van der Waals surface area contributed by atoms with Gasteiger partial charge in [-0.3, -0.25) is 9.59 Å². The second-order valence-corrected chi connectivity index (χ2v) is 9.48. The van der Waals surface area contributed by atoms with Crippen molar-refractivity contribution in [3.8, 4) is 0 Å². The number of carbonyl (C=O) groups excluding carboxylic acids is 3. The summed E-state index contributed by atoms with van der Waals surface area (Å²) in [6.45, 7) is 6.56. The number of piperidine rings is 1. The zero-order valence-corrected chi connectivity index (χ0v) is 20.0. The fourth-order valence-electron chi connectivity index (χ4n) is 5.10. The quantitative estimate of drug-likeness (QED) is 0.657. The van der Waals surface area contributed by atoms with Crippen molar-refractivity contribution in [2.75, 3.05) is 42.9 Å². The summed E-state index contributed by atoms with van der Waals surface area (Å²) in [5.41, 5.74) is 2.40. The largest absolute Gasteiger partial charge is 0.370 e. The first-order valence-corrected chi connectivity index (χ1v) is 12.1. The summed E-state index contributed by atoms with van der Waals surface area (Å²) in [6, 6.07) is 18.0. The number of hydrogen-bond acceptors (Lipinski definition) is 5. The van der Waals surface area contributed by atoms with Crippen LogP contribution in [0.5, 0.6) is 0 Å². The molecule has 7 nitrogen and oxygen atoms in total. The molecule has 2 aromatic rings. The molecule has 2 saturated heterocycles. The summed E-state index contributed by atoms with van der Waals surface area (Å²) in [4.78, 5) is 40.7. The van der Waals surface area contributed by atoms with Gasteiger partial charge < -0.3 is 20.4 Å². The Hall–Kier alpha value is -3.19. The molecule has 2 fully saturated rings. The van der Waals surface area contributed by atoms with Gasteiger partial charge in [-0.15, -0.1) is 0 Å². The van der Waals surface area contributed by atoms with Crippen LogP contribution in [0.4, 0.5) is 16.2 Å². The van der Waals surface area contributed by atoms with Crippen molar-refractivity contribution in [3.05, 3.63) is 60.2 Å². The van der Waals surface area contributed by atoms with Crippen molar-refractivity contribution < 1.29 is 14.4 Å². The first-order chi connectivity index (χ1) is 16.4. The van der Waals surface area contributed by atoms with Gasteiger partial charge in [-0.25, -0.2) is 4.79 Å². The van der Waals surface area contributed by atoms with Crippen LogP contribution in [0.25, 0.3) is 0 Å². The third kappa shape index (κ3) is 5.30. The molecule has 2 N–H and O–H groups in total. The average Bonchev–Trinajstić information content (AvgIpc) is 3.33.